The van der Waals surface area contributed by atoms with Crippen molar-refractivity contribution in [2.24, 2.45) is 5.92 Å². The van der Waals surface area contributed by atoms with E-state index in [0.717, 1.165) is 5.69 Å². The van der Waals surface area contributed by atoms with Crippen molar-refractivity contribution < 1.29 is 9.18 Å². The molecule has 0 aliphatic rings. The normalized spacial score (nSPS) is 11.3. The van der Waals surface area contributed by atoms with E-state index in [1.54, 1.807) is 22.7 Å². The van der Waals surface area contributed by atoms with E-state index >= 15 is 0 Å². The second kappa shape index (κ2) is 6.45. The van der Waals surface area contributed by atoms with E-state index in [4.69, 9.17) is 0 Å². The third-order valence-corrected chi connectivity index (χ3v) is 4.33. The van der Waals surface area contributed by atoms with E-state index < -0.39 is 0 Å². The highest BCUT2D eigenvalue weighted by molar-refractivity contribution is 7.15. The van der Waals surface area contributed by atoms with Crippen molar-refractivity contribution in [1.29, 1.82) is 0 Å². The first-order valence-electron chi connectivity index (χ1n) is 7.42. The van der Waals surface area contributed by atoms with Crippen LogP contribution in [0.15, 0.2) is 29.6 Å². The fraction of sp³-hybridized carbons (Fsp3) is 0.312. The van der Waals surface area contributed by atoms with E-state index in [1.807, 2.05) is 19.2 Å². The molecule has 1 aromatic carbocycles. The monoisotopic (exact) mass is 332 g/mol. The molecule has 0 aliphatic carbocycles. The van der Waals surface area contributed by atoms with Gasteiger partial charge in [0.2, 0.25) is 10.9 Å². The van der Waals surface area contributed by atoms with Crippen LogP contribution < -0.4 is 5.32 Å². The maximum atomic E-state index is 13.8. The summed E-state index contributed by atoms with van der Waals surface area (Å²) in [6.07, 6.45) is 0.651. The molecule has 2 heterocycles. The summed E-state index contributed by atoms with van der Waals surface area (Å²) < 4.78 is 15.6. The number of thiazole rings is 1. The summed E-state index contributed by atoms with van der Waals surface area (Å²) >= 11 is 1.45. The van der Waals surface area contributed by atoms with Gasteiger partial charge in [0.15, 0.2) is 5.82 Å². The molecule has 23 heavy (non-hydrogen) atoms. The topological polar surface area (TPSA) is 59.3 Å². The van der Waals surface area contributed by atoms with Crippen molar-refractivity contribution in [2.75, 3.05) is 6.54 Å². The molecule has 3 rings (SSSR count). The second-order valence-electron chi connectivity index (χ2n) is 5.53. The number of nitrogens with zero attached hydrogens (tertiary/aromatic N) is 3. The standard InChI is InChI=1S/C16H17FN4OS/c1-10(2)15(22)18-8-7-11-9-23-16-19-14(20-21(11)16)12-5-3-4-6-13(12)17/h3-6,9-10H,7-8H2,1-2H3,(H,18,22). The summed E-state index contributed by atoms with van der Waals surface area (Å²) in [5, 5.41) is 9.24. The molecule has 120 valence electrons. The second-order valence-corrected chi connectivity index (χ2v) is 6.37. The van der Waals surface area contributed by atoms with Gasteiger partial charge in [-0.15, -0.1) is 16.4 Å². The lowest BCUT2D eigenvalue weighted by molar-refractivity contribution is -0.123. The van der Waals surface area contributed by atoms with E-state index in [-0.39, 0.29) is 17.6 Å². The van der Waals surface area contributed by atoms with Gasteiger partial charge >= 0.3 is 0 Å². The Hall–Kier alpha value is -2.28. The summed E-state index contributed by atoms with van der Waals surface area (Å²) in [6.45, 7) is 4.25. The van der Waals surface area contributed by atoms with Gasteiger partial charge in [-0.1, -0.05) is 26.0 Å². The maximum Gasteiger partial charge on any atom is 0.222 e. The highest BCUT2D eigenvalue weighted by Gasteiger charge is 2.14. The Balaban J connectivity index is 1.79. The zero-order valence-corrected chi connectivity index (χ0v) is 13.7. The van der Waals surface area contributed by atoms with Crippen molar-refractivity contribution in [2.45, 2.75) is 20.3 Å². The van der Waals surface area contributed by atoms with Crippen molar-refractivity contribution in [3.63, 3.8) is 0 Å². The number of hydrogen-bond donors (Lipinski definition) is 1. The molecule has 0 saturated heterocycles. The summed E-state index contributed by atoms with van der Waals surface area (Å²) in [6, 6.07) is 6.46. The van der Waals surface area contributed by atoms with E-state index in [9.17, 15) is 9.18 Å². The van der Waals surface area contributed by atoms with Crippen LogP contribution in [0.2, 0.25) is 0 Å². The number of hydrogen-bond acceptors (Lipinski definition) is 4. The van der Waals surface area contributed by atoms with Gasteiger partial charge < -0.3 is 5.32 Å². The molecule has 2 aromatic heterocycles. The van der Waals surface area contributed by atoms with Crippen molar-refractivity contribution in [3.8, 4) is 11.4 Å². The zero-order valence-electron chi connectivity index (χ0n) is 12.9. The van der Waals surface area contributed by atoms with Crippen LogP contribution in [-0.2, 0) is 11.2 Å². The highest BCUT2D eigenvalue weighted by atomic mass is 32.1. The first-order chi connectivity index (χ1) is 11.1. The van der Waals surface area contributed by atoms with Crippen LogP contribution in [0, 0.1) is 11.7 Å². The largest absolute Gasteiger partial charge is 0.355 e. The first-order valence-corrected chi connectivity index (χ1v) is 8.30. The Labute approximate surface area is 137 Å². The number of fused-ring (bicyclic) bond motifs is 1. The summed E-state index contributed by atoms with van der Waals surface area (Å²) in [5.74, 6) is 0.0394. The lowest BCUT2D eigenvalue weighted by Crippen LogP contribution is -2.29. The van der Waals surface area contributed by atoms with E-state index in [0.29, 0.717) is 29.3 Å². The SMILES string of the molecule is CC(C)C(=O)NCCc1csc2nc(-c3ccccc3F)nn12. The van der Waals surface area contributed by atoms with Crippen LogP contribution in [-0.4, -0.2) is 27.0 Å². The van der Waals surface area contributed by atoms with E-state index in [2.05, 4.69) is 15.4 Å². The van der Waals surface area contributed by atoms with Crippen LogP contribution in [0.25, 0.3) is 16.3 Å². The molecule has 3 aromatic rings. The van der Waals surface area contributed by atoms with Crippen LogP contribution in [0.5, 0.6) is 0 Å². The maximum absolute atomic E-state index is 13.8. The number of rotatable bonds is 5. The van der Waals surface area contributed by atoms with Gasteiger partial charge in [0.1, 0.15) is 5.82 Å². The number of carbonyl (C=O) groups excluding carboxylic acids is 1. The Morgan fingerprint density at radius 3 is 2.91 bits per heavy atom. The highest BCUT2D eigenvalue weighted by Crippen LogP contribution is 2.23. The number of benzene rings is 1. The van der Waals surface area contributed by atoms with Gasteiger partial charge in [-0.2, -0.15) is 4.98 Å². The van der Waals surface area contributed by atoms with Crippen LogP contribution >= 0.6 is 11.3 Å². The minimum Gasteiger partial charge on any atom is -0.355 e. The van der Waals surface area contributed by atoms with Gasteiger partial charge in [0.25, 0.3) is 0 Å². The fourth-order valence-corrected chi connectivity index (χ4v) is 3.03. The lowest BCUT2D eigenvalue weighted by Gasteiger charge is -2.06. The molecular weight excluding hydrogens is 315 g/mol. The molecule has 0 unspecified atom stereocenters. The van der Waals surface area contributed by atoms with E-state index in [1.165, 1.54) is 17.4 Å². The van der Waals surface area contributed by atoms with Crippen molar-refractivity contribution in [1.82, 2.24) is 19.9 Å². The molecule has 1 amide bonds. The molecular formula is C16H17FN4OS. The summed E-state index contributed by atoms with van der Waals surface area (Å²) in [4.78, 5) is 16.7. The number of amides is 1. The molecule has 0 fully saturated rings. The molecule has 0 saturated carbocycles. The molecule has 5 nitrogen and oxygen atoms in total. The van der Waals surface area contributed by atoms with Gasteiger partial charge in [0, 0.05) is 24.3 Å². The molecule has 0 bridgehead atoms. The van der Waals surface area contributed by atoms with Crippen LogP contribution in [0.1, 0.15) is 19.5 Å². The zero-order chi connectivity index (χ0) is 16.4. The number of nitrogens with one attached hydrogen (secondary N) is 1. The van der Waals surface area contributed by atoms with Gasteiger partial charge in [-0.25, -0.2) is 8.91 Å². The van der Waals surface area contributed by atoms with Crippen LogP contribution in [0.4, 0.5) is 4.39 Å². The molecule has 0 aliphatic heterocycles. The molecule has 0 radical (unpaired) electrons. The lowest BCUT2D eigenvalue weighted by atomic mass is 10.2. The number of carbonyl (C=O) groups is 1. The average molecular weight is 332 g/mol. The molecule has 7 heteroatoms. The predicted octanol–water partition coefficient (Wildman–Crippen LogP) is 2.91. The summed E-state index contributed by atoms with van der Waals surface area (Å²) in [5.41, 5.74) is 1.34. The van der Waals surface area contributed by atoms with Gasteiger partial charge in [-0.3, -0.25) is 4.79 Å². The van der Waals surface area contributed by atoms with Crippen molar-refractivity contribution >= 4 is 22.2 Å². The van der Waals surface area contributed by atoms with Crippen LogP contribution in [0.3, 0.4) is 0 Å². The van der Waals surface area contributed by atoms with Gasteiger partial charge in [-0.05, 0) is 12.1 Å². The van der Waals surface area contributed by atoms with Gasteiger partial charge in [0.05, 0.1) is 11.3 Å². The quantitative estimate of drug-likeness (QED) is 0.781. The minimum absolute atomic E-state index is 0.0297. The molecule has 1 N–H and O–H groups in total. The minimum atomic E-state index is -0.337. The number of halogens is 1. The number of aromatic nitrogens is 3. The Kier molecular flexibility index (Phi) is 4.38. The Morgan fingerprint density at radius 2 is 2.17 bits per heavy atom. The predicted molar refractivity (Wildman–Crippen MR) is 87.8 cm³/mol. The first kappa shape index (κ1) is 15.6. The Bertz CT molecular complexity index is 840. The molecule has 0 spiro atoms. The summed E-state index contributed by atoms with van der Waals surface area (Å²) in [7, 11) is 0. The smallest absolute Gasteiger partial charge is 0.222 e. The third kappa shape index (κ3) is 3.24. The fourth-order valence-electron chi connectivity index (χ4n) is 2.17. The molecule has 0 atom stereocenters. The Morgan fingerprint density at radius 1 is 1.39 bits per heavy atom. The third-order valence-electron chi connectivity index (χ3n) is 3.47. The van der Waals surface area contributed by atoms with Crippen molar-refractivity contribution in [3.05, 3.63) is 41.2 Å². The average Bonchev–Trinajstić information content (AvgIpc) is 3.09.